The number of aliphatic hydroxyl groups is 4. The summed E-state index contributed by atoms with van der Waals surface area (Å²) in [4.78, 5) is 11.6. The quantitative estimate of drug-likeness (QED) is 0.217. The molecule has 0 aromatic heterocycles. The molecule has 5 atom stereocenters. The summed E-state index contributed by atoms with van der Waals surface area (Å²) in [6.07, 6.45) is -5.36. The topological polar surface area (TPSA) is 157 Å². The number of carbonyl (C=O) groups excluding carboxylic acids is 1. The number of esters is 1. The Kier molecular flexibility index (Phi) is 5.75. The predicted octanol–water partition coefficient (Wildman–Crippen LogP) is -1.55. The Hall–Kier alpha value is -2.17. The molecule has 9 heteroatoms. The van der Waals surface area contributed by atoms with E-state index >= 15 is 0 Å². The summed E-state index contributed by atoms with van der Waals surface area (Å²) in [5.41, 5.74) is 0.435. The molecule has 6 N–H and O–H groups in total. The first-order valence-corrected chi connectivity index (χ1v) is 7.04. The molecule has 0 bridgehead atoms. The first kappa shape index (κ1) is 18.2. The van der Waals surface area contributed by atoms with Gasteiger partial charge in [0, 0.05) is 6.08 Å². The first-order valence-electron chi connectivity index (χ1n) is 7.04. The number of hydrogen-bond donors (Lipinski definition) is 6. The predicted molar refractivity (Wildman–Crippen MR) is 78.7 cm³/mol. The normalized spacial score (nSPS) is 30.4. The van der Waals surface area contributed by atoms with E-state index in [0.717, 1.165) is 6.08 Å². The van der Waals surface area contributed by atoms with Gasteiger partial charge >= 0.3 is 5.97 Å². The van der Waals surface area contributed by atoms with Crippen molar-refractivity contribution in [2.24, 2.45) is 0 Å². The minimum atomic E-state index is -1.71. The van der Waals surface area contributed by atoms with Crippen LogP contribution in [0.2, 0.25) is 0 Å². The molecule has 0 saturated carbocycles. The summed E-state index contributed by atoms with van der Waals surface area (Å²) in [7, 11) is 0. The van der Waals surface area contributed by atoms with Crippen LogP contribution in [0, 0.1) is 0 Å². The van der Waals surface area contributed by atoms with Crippen molar-refractivity contribution in [2.45, 2.75) is 30.7 Å². The van der Waals surface area contributed by atoms with Gasteiger partial charge in [-0.25, -0.2) is 4.79 Å². The number of hydrogen-bond acceptors (Lipinski definition) is 9. The smallest absolute Gasteiger partial charge is 0.330 e. The molecule has 24 heavy (non-hydrogen) atoms. The van der Waals surface area contributed by atoms with Gasteiger partial charge in [0.1, 0.15) is 31.0 Å². The third-order valence-electron chi connectivity index (χ3n) is 3.49. The molecule has 1 fully saturated rings. The van der Waals surface area contributed by atoms with Gasteiger partial charge in [-0.15, -0.1) is 0 Å². The highest BCUT2D eigenvalue weighted by atomic mass is 16.6. The monoisotopic (exact) mass is 342 g/mol. The molecule has 1 saturated heterocycles. The largest absolute Gasteiger partial charge is 0.504 e. The number of benzene rings is 1. The molecule has 9 nitrogen and oxygen atoms in total. The van der Waals surface area contributed by atoms with Gasteiger partial charge in [0.15, 0.2) is 17.8 Å². The van der Waals surface area contributed by atoms with Gasteiger partial charge in [-0.2, -0.15) is 0 Å². The van der Waals surface area contributed by atoms with Crippen LogP contribution in [0.4, 0.5) is 0 Å². The lowest BCUT2D eigenvalue weighted by atomic mass is 9.99. The van der Waals surface area contributed by atoms with Crippen molar-refractivity contribution in [3.63, 3.8) is 0 Å². The molecule has 2 rings (SSSR count). The van der Waals surface area contributed by atoms with E-state index in [9.17, 15) is 35.4 Å². The number of ether oxygens (including phenoxy) is 2. The van der Waals surface area contributed by atoms with E-state index in [2.05, 4.69) is 0 Å². The average Bonchev–Trinajstić information content (AvgIpc) is 2.56. The molecule has 1 aliphatic rings. The van der Waals surface area contributed by atoms with Crippen LogP contribution >= 0.6 is 0 Å². The highest BCUT2D eigenvalue weighted by Crippen LogP contribution is 2.25. The van der Waals surface area contributed by atoms with Crippen LogP contribution < -0.4 is 0 Å². The molecular formula is C15H18O9. The van der Waals surface area contributed by atoms with E-state index < -0.39 is 43.3 Å². The first-order chi connectivity index (χ1) is 11.3. The Bertz CT molecular complexity index is 615. The van der Waals surface area contributed by atoms with Crippen LogP contribution in [0.25, 0.3) is 6.08 Å². The summed E-state index contributed by atoms with van der Waals surface area (Å²) < 4.78 is 9.69. The summed E-state index contributed by atoms with van der Waals surface area (Å²) in [5, 5.41) is 56.4. The van der Waals surface area contributed by atoms with Gasteiger partial charge in [0.25, 0.3) is 0 Å². The number of aliphatic hydroxyl groups excluding tert-OH is 4. The number of phenolic OH excluding ortho intramolecular Hbond substituents is 2. The van der Waals surface area contributed by atoms with Crippen molar-refractivity contribution >= 4 is 12.0 Å². The zero-order valence-corrected chi connectivity index (χ0v) is 12.4. The van der Waals surface area contributed by atoms with Crippen LogP contribution in [0.3, 0.4) is 0 Å². The molecule has 1 aromatic carbocycles. The van der Waals surface area contributed by atoms with Crippen molar-refractivity contribution in [1.82, 2.24) is 0 Å². The molecular weight excluding hydrogens is 324 g/mol. The maximum Gasteiger partial charge on any atom is 0.330 e. The third kappa shape index (κ3) is 4.22. The van der Waals surface area contributed by atoms with Crippen molar-refractivity contribution in [1.29, 1.82) is 0 Å². The number of carbonyl (C=O) groups is 1. The van der Waals surface area contributed by atoms with Gasteiger partial charge in [-0.3, -0.25) is 0 Å². The maximum absolute atomic E-state index is 11.6. The van der Waals surface area contributed by atoms with E-state index in [1.54, 1.807) is 0 Å². The second-order valence-corrected chi connectivity index (χ2v) is 5.25. The lowest BCUT2D eigenvalue weighted by molar-refractivity contribution is -0.287. The second-order valence-electron chi connectivity index (χ2n) is 5.25. The summed E-state index contributed by atoms with van der Waals surface area (Å²) >= 11 is 0. The Labute approximate surface area is 136 Å². The third-order valence-corrected chi connectivity index (χ3v) is 3.49. The van der Waals surface area contributed by atoms with Gasteiger partial charge in [0.05, 0.1) is 0 Å². The van der Waals surface area contributed by atoms with Crippen LogP contribution in [-0.4, -0.2) is 73.9 Å². The summed E-state index contributed by atoms with van der Waals surface area (Å²) in [6.45, 7) is -0.452. The zero-order chi connectivity index (χ0) is 17.9. The van der Waals surface area contributed by atoms with Crippen molar-refractivity contribution in [3.05, 3.63) is 29.8 Å². The molecule has 1 aliphatic heterocycles. The van der Waals surface area contributed by atoms with Gasteiger partial charge < -0.3 is 40.1 Å². The standard InChI is InChI=1S/C15H18O9/c16-8-3-1-7(5-9(8)17)2-4-11(18)23-6-10-12(19)13(20)14(21)15(22)24-10/h1-5,10,12-17,19-22H,6H2/b4-2-/t10-,12-,13+,14-,15-/m1/s1. The molecule has 132 valence electrons. The maximum atomic E-state index is 11.6. The lowest BCUT2D eigenvalue weighted by Crippen LogP contribution is -2.58. The molecule has 0 aliphatic carbocycles. The van der Waals surface area contributed by atoms with Crippen molar-refractivity contribution in [3.8, 4) is 11.5 Å². The van der Waals surface area contributed by atoms with Gasteiger partial charge in [0.2, 0.25) is 0 Å². The van der Waals surface area contributed by atoms with Gasteiger partial charge in [-0.1, -0.05) is 6.07 Å². The minimum absolute atomic E-state index is 0.294. The number of aromatic hydroxyl groups is 2. The highest BCUT2D eigenvalue weighted by molar-refractivity contribution is 5.87. The fourth-order valence-corrected chi connectivity index (χ4v) is 2.09. The van der Waals surface area contributed by atoms with Crippen LogP contribution in [-0.2, 0) is 14.3 Å². The Morgan fingerprint density at radius 2 is 1.79 bits per heavy atom. The van der Waals surface area contributed by atoms with Crippen molar-refractivity contribution < 1.29 is 44.9 Å². The zero-order valence-electron chi connectivity index (χ0n) is 12.4. The Morgan fingerprint density at radius 3 is 2.46 bits per heavy atom. The fourth-order valence-electron chi connectivity index (χ4n) is 2.09. The highest BCUT2D eigenvalue weighted by Gasteiger charge is 2.43. The van der Waals surface area contributed by atoms with Crippen LogP contribution in [0.1, 0.15) is 5.56 Å². The second kappa shape index (κ2) is 7.60. The van der Waals surface area contributed by atoms with E-state index in [1.165, 1.54) is 24.3 Å². The van der Waals surface area contributed by atoms with E-state index in [0.29, 0.717) is 5.56 Å². The van der Waals surface area contributed by atoms with E-state index in [1.807, 2.05) is 0 Å². The number of rotatable bonds is 4. The average molecular weight is 342 g/mol. The Balaban J connectivity index is 1.88. The lowest BCUT2D eigenvalue weighted by Gasteiger charge is -2.37. The van der Waals surface area contributed by atoms with E-state index in [4.69, 9.17) is 9.47 Å². The fraction of sp³-hybridized carbons (Fsp3) is 0.400. The molecule has 0 spiro atoms. The van der Waals surface area contributed by atoms with Crippen LogP contribution in [0.5, 0.6) is 11.5 Å². The van der Waals surface area contributed by atoms with Crippen LogP contribution in [0.15, 0.2) is 24.3 Å². The molecule has 0 amide bonds. The van der Waals surface area contributed by atoms with Crippen molar-refractivity contribution in [2.75, 3.05) is 6.61 Å². The minimum Gasteiger partial charge on any atom is -0.504 e. The molecule has 1 aromatic rings. The Morgan fingerprint density at radius 1 is 1.08 bits per heavy atom. The summed E-state index contributed by atoms with van der Waals surface area (Å²) in [5.74, 6) is -1.43. The molecule has 1 heterocycles. The number of phenols is 2. The summed E-state index contributed by atoms with van der Waals surface area (Å²) in [6, 6.07) is 3.95. The molecule has 0 unspecified atom stereocenters. The SMILES string of the molecule is O=C(/C=C\c1ccc(O)c(O)c1)OC[C@H]1O[C@@H](O)[C@H](O)[C@@H](O)[C@@H]1O. The van der Waals surface area contributed by atoms with E-state index in [-0.39, 0.29) is 11.5 Å². The van der Waals surface area contributed by atoms with Gasteiger partial charge in [-0.05, 0) is 23.8 Å². The molecule has 0 radical (unpaired) electrons.